The molecule has 2 rings (SSSR count). The molecule has 1 aromatic heterocycles. The van der Waals surface area contributed by atoms with Crippen molar-refractivity contribution in [2.75, 3.05) is 23.8 Å². The van der Waals surface area contributed by atoms with E-state index < -0.39 is 0 Å². The lowest BCUT2D eigenvalue weighted by molar-refractivity contribution is 0.261. The molecule has 2 heterocycles. The van der Waals surface area contributed by atoms with Gasteiger partial charge in [0, 0.05) is 19.2 Å². The van der Waals surface area contributed by atoms with Crippen LogP contribution in [-0.4, -0.2) is 34.3 Å². The number of anilines is 2. The van der Waals surface area contributed by atoms with Crippen molar-refractivity contribution in [2.24, 2.45) is 0 Å². The molecule has 1 aliphatic heterocycles. The summed E-state index contributed by atoms with van der Waals surface area (Å²) in [5.41, 5.74) is 6.15. The van der Waals surface area contributed by atoms with Gasteiger partial charge in [0.25, 0.3) is 0 Å². The van der Waals surface area contributed by atoms with Crippen LogP contribution in [0.3, 0.4) is 0 Å². The highest BCUT2D eigenvalue weighted by Crippen LogP contribution is 2.23. The summed E-state index contributed by atoms with van der Waals surface area (Å²) in [5.74, 6) is 0.729. The van der Waals surface area contributed by atoms with Crippen molar-refractivity contribution < 1.29 is 5.11 Å². The highest BCUT2D eigenvalue weighted by Gasteiger charge is 2.23. The molecule has 0 aliphatic carbocycles. The van der Waals surface area contributed by atoms with Crippen LogP contribution >= 0.6 is 0 Å². The van der Waals surface area contributed by atoms with E-state index in [-0.39, 0.29) is 6.61 Å². The summed E-state index contributed by atoms with van der Waals surface area (Å²) in [6, 6.07) is 0.363. The van der Waals surface area contributed by atoms with Crippen molar-refractivity contribution in [3.05, 3.63) is 12.4 Å². The highest BCUT2D eigenvalue weighted by molar-refractivity contribution is 5.39. The lowest BCUT2D eigenvalue weighted by atomic mass is 10.0. The second-order valence-electron chi connectivity index (χ2n) is 4.17. The zero-order valence-electron chi connectivity index (χ0n) is 9.34. The van der Waals surface area contributed by atoms with Crippen molar-refractivity contribution >= 4 is 11.6 Å². The normalized spacial score (nSPS) is 21.1. The molecule has 0 spiro atoms. The van der Waals surface area contributed by atoms with Gasteiger partial charge < -0.3 is 15.7 Å². The fourth-order valence-corrected chi connectivity index (χ4v) is 2.19. The SMILES string of the molecule is Nc1cnc(N2CCCCC2CCO)nc1. The second-order valence-corrected chi connectivity index (χ2v) is 4.17. The van der Waals surface area contributed by atoms with Crippen LogP contribution in [0.4, 0.5) is 11.6 Å². The van der Waals surface area contributed by atoms with Crippen molar-refractivity contribution in [3.63, 3.8) is 0 Å². The third-order valence-electron chi connectivity index (χ3n) is 3.00. The average Bonchev–Trinajstić information content (AvgIpc) is 2.32. The number of nitrogen functional groups attached to an aromatic ring is 1. The number of aromatic nitrogens is 2. The van der Waals surface area contributed by atoms with E-state index >= 15 is 0 Å². The maximum atomic E-state index is 9.04. The van der Waals surface area contributed by atoms with E-state index in [0.717, 1.165) is 31.8 Å². The Bertz CT molecular complexity index is 325. The number of nitrogens with zero attached hydrogens (tertiary/aromatic N) is 3. The first kappa shape index (κ1) is 11.1. The monoisotopic (exact) mass is 222 g/mol. The smallest absolute Gasteiger partial charge is 0.225 e. The van der Waals surface area contributed by atoms with Crippen LogP contribution in [-0.2, 0) is 0 Å². The number of hydrogen-bond donors (Lipinski definition) is 2. The van der Waals surface area contributed by atoms with Gasteiger partial charge in [0.05, 0.1) is 18.1 Å². The van der Waals surface area contributed by atoms with Gasteiger partial charge in [-0.2, -0.15) is 0 Å². The van der Waals surface area contributed by atoms with Gasteiger partial charge in [0.2, 0.25) is 5.95 Å². The highest BCUT2D eigenvalue weighted by atomic mass is 16.3. The lowest BCUT2D eigenvalue weighted by Gasteiger charge is -2.35. The summed E-state index contributed by atoms with van der Waals surface area (Å²) < 4.78 is 0. The van der Waals surface area contributed by atoms with Gasteiger partial charge in [-0.1, -0.05) is 0 Å². The number of aliphatic hydroxyl groups excluding tert-OH is 1. The first-order valence-corrected chi connectivity index (χ1v) is 5.76. The zero-order chi connectivity index (χ0) is 11.4. The quantitative estimate of drug-likeness (QED) is 0.791. The fraction of sp³-hybridized carbons (Fsp3) is 0.636. The Labute approximate surface area is 95.3 Å². The van der Waals surface area contributed by atoms with Crippen LogP contribution in [0.1, 0.15) is 25.7 Å². The minimum absolute atomic E-state index is 0.218. The van der Waals surface area contributed by atoms with E-state index in [1.165, 1.54) is 6.42 Å². The zero-order valence-corrected chi connectivity index (χ0v) is 9.34. The average molecular weight is 222 g/mol. The van der Waals surface area contributed by atoms with E-state index in [2.05, 4.69) is 14.9 Å². The molecule has 0 bridgehead atoms. The van der Waals surface area contributed by atoms with Crippen LogP contribution in [0.15, 0.2) is 12.4 Å². The molecule has 5 heteroatoms. The molecule has 1 fully saturated rings. The van der Waals surface area contributed by atoms with Crippen molar-refractivity contribution in [1.82, 2.24) is 9.97 Å². The molecule has 16 heavy (non-hydrogen) atoms. The summed E-state index contributed by atoms with van der Waals surface area (Å²) in [7, 11) is 0. The van der Waals surface area contributed by atoms with Gasteiger partial charge in [-0.05, 0) is 25.7 Å². The van der Waals surface area contributed by atoms with Gasteiger partial charge in [0.1, 0.15) is 0 Å². The molecular weight excluding hydrogens is 204 g/mol. The van der Waals surface area contributed by atoms with E-state index in [4.69, 9.17) is 10.8 Å². The Balaban J connectivity index is 2.13. The number of piperidine rings is 1. The molecule has 1 saturated heterocycles. The van der Waals surface area contributed by atoms with E-state index in [9.17, 15) is 0 Å². The number of rotatable bonds is 3. The molecule has 0 amide bonds. The number of hydrogen-bond acceptors (Lipinski definition) is 5. The molecule has 0 radical (unpaired) electrons. The maximum Gasteiger partial charge on any atom is 0.225 e. The molecule has 0 saturated carbocycles. The van der Waals surface area contributed by atoms with Crippen LogP contribution in [0, 0.1) is 0 Å². The van der Waals surface area contributed by atoms with Gasteiger partial charge in [0.15, 0.2) is 0 Å². The number of nitrogens with two attached hydrogens (primary N) is 1. The molecule has 3 N–H and O–H groups in total. The van der Waals surface area contributed by atoms with Crippen LogP contribution < -0.4 is 10.6 Å². The molecule has 1 atom stereocenters. The molecule has 5 nitrogen and oxygen atoms in total. The van der Waals surface area contributed by atoms with Crippen molar-refractivity contribution in [1.29, 1.82) is 0 Å². The maximum absolute atomic E-state index is 9.04. The largest absolute Gasteiger partial charge is 0.396 e. The predicted octanol–water partition coefficient (Wildman–Crippen LogP) is 0.800. The van der Waals surface area contributed by atoms with Gasteiger partial charge in [-0.15, -0.1) is 0 Å². The molecule has 1 unspecified atom stereocenters. The predicted molar refractivity (Wildman–Crippen MR) is 63.1 cm³/mol. The Morgan fingerprint density at radius 2 is 2.12 bits per heavy atom. The summed E-state index contributed by atoms with van der Waals surface area (Å²) >= 11 is 0. The Morgan fingerprint density at radius 3 is 2.81 bits per heavy atom. The van der Waals surface area contributed by atoms with E-state index in [1.807, 2.05) is 0 Å². The fourth-order valence-electron chi connectivity index (χ4n) is 2.19. The van der Waals surface area contributed by atoms with Crippen LogP contribution in [0.25, 0.3) is 0 Å². The topological polar surface area (TPSA) is 75.3 Å². The summed E-state index contributed by atoms with van der Waals surface area (Å²) in [6.07, 6.45) is 7.54. The molecule has 1 aliphatic rings. The summed E-state index contributed by atoms with van der Waals surface area (Å²) in [5, 5.41) is 9.04. The third-order valence-corrected chi connectivity index (χ3v) is 3.00. The van der Waals surface area contributed by atoms with Crippen molar-refractivity contribution in [2.45, 2.75) is 31.7 Å². The second kappa shape index (κ2) is 5.12. The van der Waals surface area contributed by atoms with Crippen molar-refractivity contribution in [3.8, 4) is 0 Å². The minimum Gasteiger partial charge on any atom is -0.396 e. The lowest BCUT2D eigenvalue weighted by Crippen LogP contribution is -2.41. The Morgan fingerprint density at radius 1 is 1.38 bits per heavy atom. The molecule has 1 aromatic rings. The molecular formula is C11H18N4O. The third kappa shape index (κ3) is 2.41. The standard InChI is InChI=1S/C11H18N4O/c12-9-7-13-11(14-8-9)15-5-2-1-3-10(15)4-6-16/h7-8,10,16H,1-6,12H2. The number of aliphatic hydroxyl groups is 1. The molecule has 88 valence electrons. The minimum atomic E-state index is 0.218. The summed E-state index contributed by atoms with van der Waals surface area (Å²) in [6.45, 7) is 1.19. The van der Waals surface area contributed by atoms with Crippen LogP contribution in [0.5, 0.6) is 0 Å². The van der Waals surface area contributed by atoms with Gasteiger partial charge in [-0.3, -0.25) is 0 Å². The van der Waals surface area contributed by atoms with Crippen LogP contribution in [0.2, 0.25) is 0 Å². The molecule has 0 aromatic carbocycles. The van der Waals surface area contributed by atoms with E-state index in [0.29, 0.717) is 11.7 Å². The van der Waals surface area contributed by atoms with Gasteiger partial charge >= 0.3 is 0 Å². The summed E-state index contributed by atoms with van der Waals surface area (Å²) in [4.78, 5) is 10.7. The Kier molecular flexibility index (Phi) is 3.56. The Hall–Kier alpha value is -1.36. The van der Waals surface area contributed by atoms with Gasteiger partial charge in [-0.25, -0.2) is 9.97 Å². The first-order valence-electron chi connectivity index (χ1n) is 5.76. The van der Waals surface area contributed by atoms with E-state index in [1.54, 1.807) is 12.4 Å². The first-order chi connectivity index (χ1) is 7.81.